The van der Waals surface area contributed by atoms with Gasteiger partial charge in [-0.25, -0.2) is 4.68 Å². The molecule has 2 nitrogen and oxygen atoms in total. The number of alkyl halides is 4. The Balaban J connectivity index is 2.40. The first kappa shape index (κ1) is 14.1. The van der Waals surface area contributed by atoms with Gasteiger partial charge in [0.25, 0.3) is 0 Å². The Labute approximate surface area is 117 Å². The third-order valence-electron chi connectivity index (χ3n) is 2.87. The average Bonchev–Trinajstić information content (AvgIpc) is 2.80. The van der Waals surface area contributed by atoms with Gasteiger partial charge < -0.3 is 0 Å². The van der Waals surface area contributed by atoms with Crippen molar-refractivity contribution in [1.29, 1.82) is 0 Å². The van der Waals surface area contributed by atoms with Gasteiger partial charge in [0.15, 0.2) is 0 Å². The summed E-state index contributed by atoms with van der Waals surface area (Å²) in [6.07, 6.45) is -1.82. The van der Waals surface area contributed by atoms with Crippen molar-refractivity contribution in [2.24, 2.45) is 0 Å². The Morgan fingerprint density at radius 2 is 1.84 bits per heavy atom. The number of hydrogen-bond acceptors (Lipinski definition) is 1. The fourth-order valence-corrected chi connectivity index (χ4v) is 2.38. The van der Waals surface area contributed by atoms with Crippen molar-refractivity contribution in [3.63, 3.8) is 0 Å². The number of nitrogens with zero attached hydrogens (tertiary/aromatic N) is 2. The maximum atomic E-state index is 12.5. The number of benzene rings is 1. The van der Waals surface area contributed by atoms with Crippen molar-refractivity contribution < 1.29 is 13.2 Å². The Morgan fingerprint density at radius 3 is 2.32 bits per heavy atom. The van der Waals surface area contributed by atoms with Crippen LogP contribution in [0.3, 0.4) is 0 Å². The minimum absolute atomic E-state index is 0.636. The minimum atomic E-state index is -4.31. The normalized spacial score (nSPS) is 11.8. The molecule has 2 aromatic rings. The van der Waals surface area contributed by atoms with Crippen LogP contribution in [0.15, 0.2) is 30.5 Å². The van der Waals surface area contributed by atoms with Crippen molar-refractivity contribution in [3.8, 4) is 5.69 Å². The van der Waals surface area contributed by atoms with Gasteiger partial charge in [-0.3, -0.25) is 0 Å². The summed E-state index contributed by atoms with van der Waals surface area (Å²) in [6.45, 7) is 1.99. The molecule has 0 spiro atoms. The Morgan fingerprint density at radius 1 is 1.21 bits per heavy atom. The second kappa shape index (κ2) is 5.36. The molecule has 0 unspecified atom stereocenters. The first-order chi connectivity index (χ1) is 8.97. The van der Waals surface area contributed by atoms with E-state index in [0.717, 1.165) is 29.8 Å². The van der Waals surface area contributed by atoms with Crippen molar-refractivity contribution >= 4 is 15.9 Å². The van der Waals surface area contributed by atoms with Gasteiger partial charge in [-0.1, -0.05) is 22.9 Å². The maximum absolute atomic E-state index is 12.5. The van der Waals surface area contributed by atoms with E-state index in [1.165, 1.54) is 12.1 Å². The molecule has 0 radical (unpaired) electrons. The van der Waals surface area contributed by atoms with Crippen LogP contribution < -0.4 is 0 Å². The predicted molar refractivity (Wildman–Crippen MR) is 70.6 cm³/mol. The van der Waals surface area contributed by atoms with Gasteiger partial charge in [0, 0.05) is 16.6 Å². The lowest BCUT2D eigenvalue weighted by Gasteiger charge is -2.10. The highest BCUT2D eigenvalue weighted by atomic mass is 79.9. The van der Waals surface area contributed by atoms with Crippen LogP contribution in [0, 0.1) is 0 Å². The summed E-state index contributed by atoms with van der Waals surface area (Å²) in [4.78, 5) is 0. The van der Waals surface area contributed by atoms with E-state index in [2.05, 4.69) is 21.0 Å². The van der Waals surface area contributed by atoms with Gasteiger partial charge in [0.05, 0.1) is 17.4 Å². The molecule has 0 bridgehead atoms. The third kappa shape index (κ3) is 2.83. The molecule has 1 aromatic carbocycles. The van der Waals surface area contributed by atoms with E-state index < -0.39 is 11.7 Å². The molecule has 6 heteroatoms. The summed E-state index contributed by atoms with van der Waals surface area (Å²) in [5, 5.41) is 4.90. The Bertz CT molecular complexity index is 558. The standard InChI is InChI=1S/C13H12BrF3N2/c1-2-12-9(7-14)8-18-19(12)11-5-3-10(4-6-11)13(15,16)17/h3-6,8H,2,7H2,1H3. The molecule has 0 aliphatic heterocycles. The monoisotopic (exact) mass is 332 g/mol. The van der Waals surface area contributed by atoms with Gasteiger partial charge in [0.2, 0.25) is 0 Å². The molecule has 1 heterocycles. The van der Waals surface area contributed by atoms with E-state index in [0.29, 0.717) is 11.0 Å². The molecule has 0 aliphatic carbocycles. The van der Waals surface area contributed by atoms with Gasteiger partial charge in [0.1, 0.15) is 0 Å². The zero-order valence-electron chi connectivity index (χ0n) is 10.2. The second-order valence-electron chi connectivity index (χ2n) is 4.06. The average molecular weight is 333 g/mol. The van der Waals surface area contributed by atoms with Crippen LogP contribution in [-0.4, -0.2) is 9.78 Å². The number of aromatic nitrogens is 2. The molecule has 19 heavy (non-hydrogen) atoms. The summed E-state index contributed by atoms with van der Waals surface area (Å²) in [6, 6.07) is 5.02. The minimum Gasteiger partial charge on any atom is -0.238 e. The molecule has 0 amide bonds. The zero-order chi connectivity index (χ0) is 14.0. The lowest BCUT2D eigenvalue weighted by molar-refractivity contribution is -0.137. The van der Waals surface area contributed by atoms with E-state index in [1.54, 1.807) is 10.9 Å². The molecule has 2 rings (SSSR count). The van der Waals surface area contributed by atoms with Crippen molar-refractivity contribution in [3.05, 3.63) is 47.3 Å². The fraction of sp³-hybridized carbons (Fsp3) is 0.308. The first-order valence-corrected chi connectivity index (χ1v) is 6.89. The highest BCUT2D eigenvalue weighted by molar-refractivity contribution is 9.08. The smallest absolute Gasteiger partial charge is 0.238 e. The maximum Gasteiger partial charge on any atom is 0.416 e. The van der Waals surface area contributed by atoms with E-state index in [-0.39, 0.29) is 0 Å². The second-order valence-corrected chi connectivity index (χ2v) is 4.62. The number of rotatable bonds is 3. The number of hydrogen-bond donors (Lipinski definition) is 0. The Kier molecular flexibility index (Phi) is 3.99. The highest BCUT2D eigenvalue weighted by Crippen LogP contribution is 2.30. The topological polar surface area (TPSA) is 17.8 Å². The third-order valence-corrected chi connectivity index (χ3v) is 3.48. The van der Waals surface area contributed by atoms with Gasteiger partial charge >= 0.3 is 6.18 Å². The SMILES string of the molecule is CCc1c(CBr)cnn1-c1ccc(C(F)(F)F)cc1. The molecule has 1 aromatic heterocycles. The molecular weight excluding hydrogens is 321 g/mol. The van der Waals surface area contributed by atoms with E-state index in [4.69, 9.17) is 0 Å². The summed E-state index contributed by atoms with van der Waals surface area (Å²) in [5.41, 5.74) is 2.03. The molecule has 0 N–H and O–H groups in total. The summed E-state index contributed by atoms with van der Waals surface area (Å²) in [7, 11) is 0. The molecule has 0 saturated carbocycles. The molecule has 102 valence electrons. The summed E-state index contributed by atoms with van der Waals surface area (Å²) >= 11 is 3.37. The van der Waals surface area contributed by atoms with E-state index >= 15 is 0 Å². The van der Waals surface area contributed by atoms with Crippen molar-refractivity contribution in [1.82, 2.24) is 9.78 Å². The lowest BCUT2D eigenvalue weighted by Crippen LogP contribution is -2.06. The lowest BCUT2D eigenvalue weighted by atomic mass is 10.2. The Hall–Kier alpha value is -1.30. The van der Waals surface area contributed by atoms with Gasteiger partial charge in [-0.15, -0.1) is 0 Å². The predicted octanol–water partition coefficient (Wildman–Crippen LogP) is 4.35. The molecular formula is C13H12BrF3N2. The van der Waals surface area contributed by atoms with Crippen LogP contribution in [-0.2, 0) is 17.9 Å². The van der Waals surface area contributed by atoms with Crippen molar-refractivity contribution in [2.45, 2.75) is 24.9 Å². The quantitative estimate of drug-likeness (QED) is 0.764. The summed E-state index contributed by atoms with van der Waals surface area (Å²) < 4.78 is 39.2. The van der Waals surface area contributed by atoms with Gasteiger partial charge in [-0.2, -0.15) is 18.3 Å². The van der Waals surface area contributed by atoms with Crippen LogP contribution in [0.25, 0.3) is 5.69 Å². The van der Waals surface area contributed by atoms with Crippen LogP contribution in [0.4, 0.5) is 13.2 Å². The highest BCUT2D eigenvalue weighted by Gasteiger charge is 2.30. The molecule has 0 fully saturated rings. The van der Waals surface area contributed by atoms with E-state index in [9.17, 15) is 13.2 Å². The van der Waals surface area contributed by atoms with E-state index in [1.807, 2.05) is 6.92 Å². The number of halogens is 4. The molecule has 0 saturated heterocycles. The summed E-state index contributed by atoms with van der Waals surface area (Å²) in [5.74, 6) is 0. The first-order valence-electron chi connectivity index (χ1n) is 5.76. The van der Waals surface area contributed by atoms with Gasteiger partial charge in [-0.05, 0) is 30.7 Å². The molecule has 0 aliphatic rings. The van der Waals surface area contributed by atoms with Crippen LogP contribution in [0.5, 0.6) is 0 Å². The van der Waals surface area contributed by atoms with Crippen LogP contribution in [0.1, 0.15) is 23.7 Å². The largest absolute Gasteiger partial charge is 0.416 e. The zero-order valence-corrected chi connectivity index (χ0v) is 11.8. The fourth-order valence-electron chi connectivity index (χ4n) is 1.91. The van der Waals surface area contributed by atoms with Crippen molar-refractivity contribution in [2.75, 3.05) is 0 Å². The van der Waals surface area contributed by atoms with Crippen LogP contribution in [0.2, 0.25) is 0 Å². The molecule has 0 atom stereocenters. The van der Waals surface area contributed by atoms with Crippen LogP contribution >= 0.6 is 15.9 Å².